The Morgan fingerprint density at radius 3 is 2.28 bits per heavy atom. The summed E-state index contributed by atoms with van der Waals surface area (Å²) >= 11 is 6.18. The van der Waals surface area contributed by atoms with Gasteiger partial charge in [0.15, 0.2) is 0 Å². The zero-order chi connectivity index (χ0) is 31.6. The second-order valence-electron chi connectivity index (χ2n) is 11.7. The predicted octanol–water partition coefficient (Wildman–Crippen LogP) is 8.99. The van der Waals surface area contributed by atoms with Gasteiger partial charge in [-0.3, -0.25) is 9.59 Å². The Morgan fingerprint density at radius 1 is 1.09 bits per heavy atom. The summed E-state index contributed by atoms with van der Waals surface area (Å²) in [4.78, 5) is 20.7. The lowest BCUT2D eigenvalue weighted by Gasteiger charge is -2.27. The van der Waals surface area contributed by atoms with Crippen molar-refractivity contribution in [1.82, 2.24) is 5.32 Å². The van der Waals surface area contributed by atoms with Crippen molar-refractivity contribution in [3.8, 4) is 0 Å². The number of rotatable bonds is 11. The van der Waals surface area contributed by atoms with Gasteiger partial charge >= 0.3 is 5.97 Å². The number of carbonyl (C=O) groups is 2. The molecule has 0 aromatic heterocycles. The minimum Gasteiger partial charge on any atom is -0.486 e. The minimum absolute atomic E-state index is 0.0508. The number of aliphatic carboxylic acids is 1. The molecule has 0 spiro atoms. The molecule has 0 aliphatic heterocycles. The highest BCUT2D eigenvalue weighted by Crippen LogP contribution is 2.32. The second kappa shape index (κ2) is 19.9. The largest absolute Gasteiger partial charge is 0.486 e. The molecule has 3 atom stereocenters. The Morgan fingerprint density at radius 2 is 1.81 bits per heavy atom. The van der Waals surface area contributed by atoms with Crippen molar-refractivity contribution in [2.75, 3.05) is 13.6 Å². The molecule has 1 aromatic rings. The highest BCUT2D eigenvalue weighted by Gasteiger charge is 2.21. The third kappa shape index (κ3) is 14.2. The average Bonchev–Trinajstić information content (AvgIpc) is 3.02. The fraction of sp³-hybridized carbons (Fsp3) is 0.459. The standard InChI is InChI=1S/C28H29ClO2.C5H12.C4H9NO2/c1-20-2-8-23(9-3-20)24-12-16-27(17-13-24)31-28(25-10-14-26(29)15-11-25)18-21-4-6-22(19-30)7-5-21;1-4-5(2)3;1-5-3-2-4(6)7/h2,4-10,12,14,16-17,19-20,24,28H,3,11,13,15,18H2,1H3;5H,4H2,1-3H3;5H,2-3H2,1H3,(H,6,7). The number of carboxylic acid groups (broad SMARTS) is 1. The monoisotopic (exact) mass is 607 g/mol. The van der Waals surface area contributed by atoms with E-state index < -0.39 is 5.97 Å². The summed E-state index contributed by atoms with van der Waals surface area (Å²) < 4.78 is 6.51. The average molecular weight is 608 g/mol. The van der Waals surface area contributed by atoms with Gasteiger partial charge in [0, 0.05) is 29.5 Å². The Kier molecular flexibility index (Phi) is 16.7. The van der Waals surface area contributed by atoms with Crippen LogP contribution in [0.2, 0.25) is 0 Å². The lowest BCUT2D eigenvalue weighted by atomic mass is 9.86. The van der Waals surface area contributed by atoms with Crippen LogP contribution in [0.15, 0.2) is 94.8 Å². The maximum Gasteiger partial charge on any atom is 0.304 e. The number of carbonyl (C=O) groups excluding carboxylic acids is 1. The summed E-state index contributed by atoms with van der Waals surface area (Å²) in [7, 11) is 1.73. The summed E-state index contributed by atoms with van der Waals surface area (Å²) in [5, 5.41) is 11.6. The lowest BCUT2D eigenvalue weighted by molar-refractivity contribution is -0.136. The predicted molar refractivity (Wildman–Crippen MR) is 179 cm³/mol. The quantitative estimate of drug-likeness (QED) is 0.246. The molecule has 0 saturated heterocycles. The first kappa shape index (κ1) is 36.0. The van der Waals surface area contributed by atoms with Gasteiger partial charge in [-0.05, 0) is 79.5 Å². The third-order valence-electron chi connectivity index (χ3n) is 7.60. The first-order chi connectivity index (χ1) is 20.6. The summed E-state index contributed by atoms with van der Waals surface area (Å²) in [5.41, 5.74) is 4.51. The molecule has 0 fully saturated rings. The van der Waals surface area contributed by atoms with Gasteiger partial charge in [-0.15, -0.1) is 0 Å². The molecule has 234 valence electrons. The van der Waals surface area contributed by atoms with Crippen LogP contribution in [0, 0.1) is 17.8 Å². The molecule has 1 aromatic carbocycles. The Balaban J connectivity index is 0.000000455. The molecule has 0 saturated carbocycles. The summed E-state index contributed by atoms with van der Waals surface area (Å²) in [6, 6.07) is 7.75. The van der Waals surface area contributed by atoms with E-state index in [0.717, 1.165) is 60.7 Å². The van der Waals surface area contributed by atoms with Gasteiger partial charge in [0.2, 0.25) is 0 Å². The van der Waals surface area contributed by atoms with Gasteiger partial charge in [0.1, 0.15) is 18.1 Å². The number of carboxylic acids is 1. The number of halogens is 1. The maximum absolute atomic E-state index is 11.0. The maximum atomic E-state index is 11.0. The normalized spacial score (nSPS) is 19.8. The van der Waals surface area contributed by atoms with Crippen LogP contribution in [0.25, 0.3) is 0 Å². The van der Waals surface area contributed by atoms with Gasteiger partial charge in [-0.25, -0.2) is 0 Å². The molecule has 0 bridgehead atoms. The van der Waals surface area contributed by atoms with Gasteiger partial charge in [-0.2, -0.15) is 0 Å². The van der Waals surface area contributed by atoms with Crippen molar-refractivity contribution in [3.05, 3.63) is 106 Å². The Hall–Kier alpha value is -3.15. The number of hydrogen-bond donors (Lipinski definition) is 2. The van der Waals surface area contributed by atoms with E-state index in [1.54, 1.807) is 7.05 Å². The summed E-state index contributed by atoms with van der Waals surface area (Å²) in [5.74, 6) is 2.13. The van der Waals surface area contributed by atoms with E-state index in [1.165, 1.54) is 17.6 Å². The molecule has 43 heavy (non-hydrogen) atoms. The fourth-order valence-electron chi connectivity index (χ4n) is 4.44. The zero-order valence-corrected chi connectivity index (χ0v) is 27.3. The Labute approximate surface area is 264 Å². The van der Waals surface area contributed by atoms with E-state index in [1.807, 2.05) is 30.3 Å². The van der Waals surface area contributed by atoms with Gasteiger partial charge in [-0.1, -0.05) is 100 Å². The van der Waals surface area contributed by atoms with Crippen LogP contribution in [0.1, 0.15) is 82.1 Å². The number of allylic oxidation sites excluding steroid dienone is 10. The minimum atomic E-state index is -0.755. The van der Waals surface area contributed by atoms with Crippen molar-refractivity contribution >= 4 is 23.9 Å². The molecule has 3 aliphatic carbocycles. The second-order valence-corrected chi connectivity index (χ2v) is 12.1. The highest BCUT2D eigenvalue weighted by molar-refractivity contribution is 6.29. The van der Waals surface area contributed by atoms with Gasteiger partial charge < -0.3 is 15.2 Å². The molecule has 5 nitrogen and oxygen atoms in total. The number of aldehydes is 1. The summed E-state index contributed by atoms with van der Waals surface area (Å²) in [6.45, 7) is 9.45. The van der Waals surface area contributed by atoms with Gasteiger partial charge in [0.25, 0.3) is 0 Å². The Bertz CT molecular complexity index is 1200. The number of benzene rings is 1. The van der Waals surface area contributed by atoms with Crippen LogP contribution in [-0.2, 0) is 16.0 Å². The van der Waals surface area contributed by atoms with Crippen molar-refractivity contribution < 1.29 is 19.4 Å². The van der Waals surface area contributed by atoms with Crippen LogP contribution in [0.5, 0.6) is 0 Å². The molecule has 0 heterocycles. The fourth-order valence-corrected chi connectivity index (χ4v) is 4.60. The van der Waals surface area contributed by atoms with Crippen LogP contribution >= 0.6 is 11.6 Å². The van der Waals surface area contributed by atoms with E-state index in [2.05, 4.69) is 75.5 Å². The number of ether oxygens (including phenoxy) is 1. The van der Waals surface area contributed by atoms with Crippen LogP contribution < -0.4 is 5.32 Å². The van der Waals surface area contributed by atoms with E-state index in [-0.39, 0.29) is 12.5 Å². The molecular formula is C37H50ClNO4. The molecule has 2 N–H and O–H groups in total. The molecule has 0 amide bonds. The number of hydrogen-bond acceptors (Lipinski definition) is 4. The van der Waals surface area contributed by atoms with Crippen molar-refractivity contribution in [2.24, 2.45) is 17.8 Å². The zero-order valence-electron chi connectivity index (χ0n) is 26.5. The molecule has 3 unspecified atom stereocenters. The summed E-state index contributed by atoms with van der Waals surface area (Å²) in [6.07, 6.45) is 24.6. The highest BCUT2D eigenvalue weighted by atomic mass is 35.5. The van der Waals surface area contributed by atoms with Crippen LogP contribution in [0.3, 0.4) is 0 Å². The molecule has 4 rings (SSSR count). The first-order valence-electron chi connectivity index (χ1n) is 15.5. The van der Waals surface area contributed by atoms with Crippen molar-refractivity contribution in [2.45, 2.75) is 78.7 Å². The van der Waals surface area contributed by atoms with E-state index in [4.69, 9.17) is 21.4 Å². The van der Waals surface area contributed by atoms with Crippen molar-refractivity contribution in [3.63, 3.8) is 0 Å². The topological polar surface area (TPSA) is 75.6 Å². The molecule has 0 radical (unpaired) electrons. The van der Waals surface area contributed by atoms with Crippen LogP contribution in [0.4, 0.5) is 0 Å². The molecule has 6 heteroatoms. The first-order valence-corrected chi connectivity index (χ1v) is 15.9. The number of nitrogens with one attached hydrogen (secondary N) is 1. The van der Waals surface area contributed by atoms with Crippen LogP contribution in [-0.4, -0.2) is 37.1 Å². The van der Waals surface area contributed by atoms with Crippen molar-refractivity contribution in [1.29, 1.82) is 0 Å². The van der Waals surface area contributed by atoms with E-state index in [0.29, 0.717) is 23.9 Å². The third-order valence-corrected chi connectivity index (χ3v) is 7.92. The lowest BCUT2D eigenvalue weighted by Crippen LogP contribution is -2.20. The molecular weight excluding hydrogens is 558 g/mol. The van der Waals surface area contributed by atoms with E-state index in [9.17, 15) is 9.59 Å². The molecule has 3 aliphatic rings. The SMILES string of the molecule is CC1C=CC(C2C=CC(OC(Cc3ccc(C=O)cc3)C3=CC=C(Cl)CC3)=CC2)=CC1.CCC(C)C.CNCCC(=O)O. The smallest absolute Gasteiger partial charge is 0.304 e. The van der Waals surface area contributed by atoms with E-state index >= 15 is 0 Å². The van der Waals surface area contributed by atoms with Gasteiger partial charge in [0.05, 0.1) is 6.42 Å².